The van der Waals surface area contributed by atoms with Crippen molar-refractivity contribution in [3.63, 3.8) is 0 Å². The highest BCUT2D eigenvalue weighted by molar-refractivity contribution is 7.99. The second kappa shape index (κ2) is 8.23. The minimum atomic E-state index is -0.107. The zero-order chi connectivity index (χ0) is 20.5. The zero-order valence-electron chi connectivity index (χ0n) is 17.4. The highest BCUT2D eigenvalue weighted by atomic mass is 32.2. The average Bonchev–Trinajstić information content (AvgIpc) is 3.44. The van der Waals surface area contributed by atoms with Crippen molar-refractivity contribution in [3.05, 3.63) is 22.6 Å². The number of nitrogens with zero attached hydrogens (tertiary/aromatic N) is 5. The highest BCUT2D eigenvalue weighted by Gasteiger charge is 2.29. The van der Waals surface area contributed by atoms with Gasteiger partial charge in [0.15, 0.2) is 5.16 Å². The normalized spacial score (nSPS) is 17.3. The minimum Gasteiger partial charge on any atom is -0.327 e. The van der Waals surface area contributed by atoms with Gasteiger partial charge in [0, 0.05) is 17.8 Å². The molecule has 0 radical (unpaired) electrons. The number of carbonyl (C=O) groups excluding carboxylic acids is 1. The Morgan fingerprint density at radius 2 is 1.79 bits per heavy atom. The molecule has 0 aliphatic heterocycles. The molecule has 2 aliphatic carbocycles. The van der Waals surface area contributed by atoms with Crippen LogP contribution in [0.4, 0.5) is 5.82 Å². The lowest BCUT2D eigenvalue weighted by Crippen LogP contribution is -2.22. The Bertz CT molecular complexity index is 959. The number of nitrogens with one attached hydrogen (secondary N) is 1. The van der Waals surface area contributed by atoms with Gasteiger partial charge in [-0.3, -0.25) is 4.79 Å². The van der Waals surface area contributed by atoms with Gasteiger partial charge in [-0.1, -0.05) is 31.0 Å². The van der Waals surface area contributed by atoms with Gasteiger partial charge in [-0.15, -0.1) is 10.2 Å². The monoisotopic (exact) mass is 412 g/mol. The number of anilines is 1. The molecule has 0 unspecified atom stereocenters. The van der Waals surface area contributed by atoms with Gasteiger partial charge in [0.2, 0.25) is 5.91 Å². The lowest BCUT2D eigenvalue weighted by Gasteiger charge is -2.27. The molecule has 29 heavy (non-hydrogen) atoms. The summed E-state index contributed by atoms with van der Waals surface area (Å²) in [5, 5.41) is 22.0. The molecule has 2 aromatic rings. The van der Waals surface area contributed by atoms with Crippen LogP contribution in [-0.4, -0.2) is 31.0 Å². The number of aryl methyl sites for hydroxylation is 1. The lowest BCUT2D eigenvalue weighted by atomic mass is 9.95. The van der Waals surface area contributed by atoms with Crippen molar-refractivity contribution in [2.75, 3.05) is 11.1 Å². The maximum absolute atomic E-state index is 12.8. The van der Waals surface area contributed by atoms with Crippen LogP contribution in [0.1, 0.15) is 79.7 Å². The van der Waals surface area contributed by atoms with E-state index in [1.807, 2.05) is 13.8 Å². The molecular formula is C21H28N6OS. The Hall–Kier alpha value is -2.27. The highest BCUT2D eigenvalue weighted by Crippen LogP contribution is 2.39. The zero-order valence-corrected chi connectivity index (χ0v) is 18.2. The topological polar surface area (TPSA) is 88.5 Å². The number of hydrogen-bond acceptors (Lipinski definition) is 5. The molecule has 2 saturated carbocycles. The van der Waals surface area contributed by atoms with Crippen molar-refractivity contribution in [2.24, 2.45) is 0 Å². The number of aromatic nitrogens is 4. The summed E-state index contributed by atoms with van der Waals surface area (Å²) in [6, 6.07) is 3.15. The predicted molar refractivity (Wildman–Crippen MR) is 113 cm³/mol. The van der Waals surface area contributed by atoms with Crippen molar-refractivity contribution >= 4 is 23.5 Å². The summed E-state index contributed by atoms with van der Waals surface area (Å²) in [5.41, 5.74) is 2.63. The third kappa shape index (κ3) is 3.93. The van der Waals surface area contributed by atoms with Crippen LogP contribution in [0.2, 0.25) is 0 Å². The molecule has 7 nitrogen and oxygen atoms in total. The molecule has 2 aromatic heterocycles. The molecule has 4 rings (SSSR count). The SMILES string of the molecule is Cc1c(C#N)c(NC(=O)CSc2nnc(C)n2C2CC2)n(C2CCCCC2)c1C. The number of carbonyl (C=O) groups is 1. The van der Waals surface area contributed by atoms with Crippen LogP contribution in [0, 0.1) is 32.1 Å². The van der Waals surface area contributed by atoms with Gasteiger partial charge >= 0.3 is 0 Å². The smallest absolute Gasteiger partial charge is 0.235 e. The van der Waals surface area contributed by atoms with Gasteiger partial charge in [0.05, 0.1) is 11.3 Å². The van der Waals surface area contributed by atoms with Crippen molar-refractivity contribution in [1.82, 2.24) is 19.3 Å². The standard InChI is InChI=1S/C21H28N6OS/c1-13-14(2)26(16-7-5-4-6-8-16)20(18(13)11-22)23-19(28)12-29-21-25-24-15(3)27(21)17-9-10-17/h16-17H,4-10,12H2,1-3H3,(H,23,28). The largest absolute Gasteiger partial charge is 0.327 e. The van der Waals surface area contributed by atoms with E-state index < -0.39 is 0 Å². The molecule has 0 bridgehead atoms. The fourth-order valence-electron chi connectivity index (χ4n) is 4.38. The summed E-state index contributed by atoms with van der Waals surface area (Å²) in [5.74, 6) is 1.72. The number of hydrogen-bond donors (Lipinski definition) is 1. The first-order valence-electron chi connectivity index (χ1n) is 10.5. The molecule has 0 atom stereocenters. The molecule has 0 saturated heterocycles. The Morgan fingerprint density at radius 1 is 1.10 bits per heavy atom. The van der Waals surface area contributed by atoms with Crippen LogP contribution in [0.15, 0.2) is 5.16 Å². The first-order chi connectivity index (χ1) is 14.0. The van der Waals surface area contributed by atoms with Gasteiger partial charge in [0.1, 0.15) is 17.7 Å². The van der Waals surface area contributed by atoms with Crippen molar-refractivity contribution in [3.8, 4) is 6.07 Å². The van der Waals surface area contributed by atoms with Gasteiger partial charge in [-0.25, -0.2) is 0 Å². The second-order valence-corrected chi connectivity index (χ2v) is 9.12. The predicted octanol–water partition coefficient (Wildman–Crippen LogP) is 4.45. The van der Waals surface area contributed by atoms with E-state index in [2.05, 4.69) is 37.6 Å². The second-order valence-electron chi connectivity index (χ2n) is 8.18. The third-order valence-corrected chi connectivity index (χ3v) is 7.09. The Kier molecular flexibility index (Phi) is 5.68. The first-order valence-corrected chi connectivity index (χ1v) is 11.5. The summed E-state index contributed by atoms with van der Waals surface area (Å²) in [7, 11) is 0. The summed E-state index contributed by atoms with van der Waals surface area (Å²) in [4.78, 5) is 12.8. The molecule has 2 heterocycles. The van der Waals surface area contributed by atoms with E-state index in [-0.39, 0.29) is 11.7 Å². The van der Waals surface area contributed by atoms with Crippen LogP contribution < -0.4 is 5.32 Å². The van der Waals surface area contributed by atoms with E-state index in [0.717, 1.165) is 47.9 Å². The summed E-state index contributed by atoms with van der Waals surface area (Å²) < 4.78 is 4.34. The molecule has 1 amide bonds. The van der Waals surface area contributed by atoms with Gasteiger partial charge in [-0.2, -0.15) is 5.26 Å². The van der Waals surface area contributed by atoms with E-state index in [0.29, 0.717) is 23.5 Å². The van der Waals surface area contributed by atoms with Gasteiger partial charge < -0.3 is 14.5 Å². The Balaban J connectivity index is 1.52. The van der Waals surface area contributed by atoms with Crippen LogP contribution >= 0.6 is 11.8 Å². The quantitative estimate of drug-likeness (QED) is 0.708. The third-order valence-electron chi connectivity index (χ3n) is 6.15. The minimum absolute atomic E-state index is 0.107. The average molecular weight is 413 g/mol. The van der Waals surface area contributed by atoms with Gasteiger partial charge in [-0.05, 0) is 52.0 Å². The number of rotatable bonds is 6. The lowest BCUT2D eigenvalue weighted by molar-refractivity contribution is -0.113. The van der Waals surface area contributed by atoms with E-state index in [9.17, 15) is 10.1 Å². The molecule has 154 valence electrons. The fourth-order valence-corrected chi connectivity index (χ4v) is 5.23. The Morgan fingerprint density at radius 3 is 2.45 bits per heavy atom. The summed E-state index contributed by atoms with van der Waals surface area (Å²) >= 11 is 1.41. The van der Waals surface area contributed by atoms with E-state index in [4.69, 9.17) is 0 Å². The van der Waals surface area contributed by atoms with Crippen LogP contribution in [0.3, 0.4) is 0 Å². The Labute approximate surface area is 175 Å². The van der Waals surface area contributed by atoms with Gasteiger partial charge in [0.25, 0.3) is 0 Å². The van der Waals surface area contributed by atoms with Crippen molar-refractivity contribution < 1.29 is 4.79 Å². The number of amides is 1. The van der Waals surface area contributed by atoms with E-state index in [1.165, 1.54) is 31.0 Å². The molecule has 2 fully saturated rings. The molecule has 8 heteroatoms. The van der Waals surface area contributed by atoms with E-state index >= 15 is 0 Å². The maximum Gasteiger partial charge on any atom is 0.235 e. The summed E-state index contributed by atoms with van der Waals surface area (Å²) in [6.45, 7) is 5.98. The van der Waals surface area contributed by atoms with Crippen molar-refractivity contribution in [2.45, 2.75) is 83.0 Å². The fraction of sp³-hybridized carbons (Fsp3) is 0.619. The van der Waals surface area contributed by atoms with Crippen LogP contribution in [-0.2, 0) is 4.79 Å². The number of thioether (sulfide) groups is 1. The van der Waals surface area contributed by atoms with E-state index in [1.54, 1.807) is 0 Å². The number of nitriles is 1. The molecule has 2 aliphatic rings. The molecule has 0 spiro atoms. The first kappa shape index (κ1) is 20.0. The maximum atomic E-state index is 12.8. The van der Waals surface area contributed by atoms with Crippen LogP contribution in [0.5, 0.6) is 0 Å². The van der Waals surface area contributed by atoms with Crippen molar-refractivity contribution in [1.29, 1.82) is 5.26 Å². The summed E-state index contributed by atoms with van der Waals surface area (Å²) in [6.07, 6.45) is 8.16. The molecular weight excluding hydrogens is 384 g/mol. The molecule has 0 aromatic carbocycles. The molecule has 1 N–H and O–H groups in total. The van der Waals surface area contributed by atoms with Crippen LogP contribution in [0.25, 0.3) is 0 Å².